The number of hydrogen-bond donors (Lipinski definition) is 0. The maximum Gasteiger partial charge on any atom is 0.180 e. The lowest BCUT2D eigenvalue weighted by atomic mass is 11.8. The predicted octanol–water partition coefficient (Wildman–Crippen LogP) is 3.94. The van der Waals surface area contributed by atoms with Crippen molar-refractivity contribution in [1.82, 2.24) is 0 Å². The third kappa shape index (κ3) is 386. The van der Waals surface area contributed by atoms with Gasteiger partial charge in [0.1, 0.15) is 0 Å². The summed E-state index contributed by atoms with van der Waals surface area (Å²) in [5.74, 6) is 0. The van der Waals surface area contributed by atoms with E-state index in [0.29, 0.717) is 0 Å². The topological polar surface area (TPSA) is 0 Å². The first-order valence-corrected chi connectivity index (χ1v) is 7.96. The van der Waals surface area contributed by atoms with Crippen LogP contribution in [0.3, 0.4) is 0 Å². The molecule has 0 aromatic heterocycles. The van der Waals surface area contributed by atoms with E-state index in [2.05, 4.69) is 26.2 Å². The van der Waals surface area contributed by atoms with Gasteiger partial charge >= 0.3 is 0 Å². The van der Waals surface area contributed by atoms with Crippen LogP contribution in [0.5, 0.6) is 0 Å². The van der Waals surface area contributed by atoms with Gasteiger partial charge in [-0.2, -0.15) is 0 Å². The molecule has 0 saturated heterocycles. The van der Waals surface area contributed by atoms with Crippen molar-refractivity contribution in [3.05, 3.63) is 0 Å². The van der Waals surface area contributed by atoms with Crippen molar-refractivity contribution in [3.8, 4) is 0 Å². The maximum absolute atomic E-state index is 4.81. The highest BCUT2D eigenvalue weighted by Gasteiger charge is 1.99. The Hall–Kier alpha value is 1.09. The standard InChI is InChI=1S/C4H12Si.CHCl3/c1-5(2,3)4;2-1(3)4/h1-4H3;1H. The van der Waals surface area contributed by atoms with Gasteiger partial charge in [0, 0.05) is 8.07 Å². The molecule has 0 unspecified atom stereocenters. The van der Waals surface area contributed by atoms with Crippen LogP contribution in [0, 0.1) is 0 Å². The second-order valence-corrected chi connectivity index (χ2v) is 11.2. The Morgan fingerprint density at radius 3 is 0.889 bits per heavy atom. The minimum atomic E-state index is -0.750. The van der Waals surface area contributed by atoms with E-state index in [1.807, 2.05) is 0 Å². The SMILES string of the molecule is C[Si](C)(C)C.ClC(Cl)Cl. The van der Waals surface area contributed by atoms with Crippen LogP contribution in [0.15, 0.2) is 0 Å². The van der Waals surface area contributed by atoms with Gasteiger partial charge in [-0.25, -0.2) is 0 Å². The van der Waals surface area contributed by atoms with Crippen LogP contribution in [0.2, 0.25) is 26.2 Å². The Morgan fingerprint density at radius 2 is 0.889 bits per heavy atom. The Kier molecular flexibility index (Phi) is 8.27. The van der Waals surface area contributed by atoms with E-state index in [1.165, 1.54) is 0 Å². The molecule has 58 valence electrons. The van der Waals surface area contributed by atoms with E-state index >= 15 is 0 Å². The molecule has 0 aliphatic rings. The number of hydrogen-bond acceptors (Lipinski definition) is 0. The van der Waals surface area contributed by atoms with Crippen molar-refractivity contribution < 1.29 is 0 Å². The van der Waals surface area contributed by atoms with Crippen molar-refractivity contribution in [2.24, 2.45) is 0 Å². The van der Waals surface area contributed by atoms with Gasteiger partial charge in [0.25, 0.3) is 0 Å². The van der Waals surface area contributed by atoms with Gasteiger partial charge in [0.15, 0.2) is 4.30 Å². The smallest absolute Gasteiger partial charge is 0.0874 e. The molecular formula is C5H13Cl3Si. The van der Waals surface area contributed by atoms with E-state index in [4.69, 9.17) is 34.8 Å². The molecule has 0 bridgehead atoms. The second-order valence-electron chi connectivity index (χ2n) is 3.25. The van der Waals surface area contributed by atoms with Gasteiger partial charge in [0.05, 0.1) is 0 Å². The third-order valence-corrected chi connectivity index (χ3v) is 0. The average Bonchev–Trinajstić information content (AvgIpc) is 1.19. The molecule has 0 nitrogen and oxygen atoms in total. The highest BCUT2D eigenvalue weighted by Crippen LogP contribution is 2.03. The molecule has 0 heterocycles. The summed E-state index contributed by atoms with van der Waals surface area (Å²) in [5.41, 5.74) is 0. The van der Waals surface area contributed by atoms with Crippen molar-refractivity contribution in [1.29, 1.82) is 0 Å². The van der Waals surface area contributed by atoms with E-state index in [1.54, 1.807) is 0 Å². The zero-order chi connectivity index (χ0) is 8.08. The van der Waals surface area contributed by atoms with Crippen LogP contribution in [-0.2, 0) is 0 Å². The maximum atomic E-state index is 4.81. The fourth-order valence-electron chi connectivity index (χ4n) is 0. The quantitative estimate of drug-likeness (QED) is 0.417. The lowest BCUT2D eigenvalue weighted by Gasteiger charge is -2.01. The second kappa shape index (κ2) is 5.84. The van der Waals surface area contributed by atoms with Gasteiger partial charge in [-0.3, -0.25) is 0 Å². The number of rotatable bonds is 0. The third-order valence-electron chi connectivity index (χ3n) is 0. The van der Waals surface area contributed by atoms with E-state index in [0.717, 1.165) is 0 Å². The monoisotopic (exact) mass is 206 g/mol. The highest BCUT2D eigenvalue weighted by molar-refractivity contribution is 6.74. The normalized spacial score (nSPS) is 10.7. The van der Waals surface area contributed by atoms with Crippen molar-refractivity contribution in [2.45, 2.75) is 30.5 Å². The van der Waals surface area contributed by atoms with Crippen LogP contribution in [0.25, 0.3) is 0 Å². The van der Waals surface area contributed by atoms with Crippen LogP contribution in [0.4, 0.5) is 0 Å². The van der Waals surface area contributed by atoms with Gasteiger partial charge in [0.2, 0.25) is 0 Å². The molecule has 9 heavy (non-hydrogen) atoms. The highest BCUT2D eigenvalue weighted by atomic mass is 35.6. The molecule has 0 aromatic carbocycles. The molecule has 0 saturated carbocycles. The van der Waals surface area contributed by atoms with Gasteiger partial charge < -0.3 is 0 Å². The Morgan fingerprint density at radius 1 is 0.889 bits per heavy atom. The van der Waals surface area contributed by atoms with Crippen molar-refractivity contribution in [2.75, 3.05) is 0 Å². The first-order chi connectivity index (χ1) is 3.73. The van der Waals surface area contributed by atoms with Crippen LogP contribution < -0.4 is 0 Å². The number of alkyl halides is 3. The van der Waals surface area contributed by atoms with E-state index in [9.17, 15) is 0 Å². The molecule has 0 rings (SSSR count). The summed E-state index contributed by atoms with van der Waals surface area (Å²) in [6.45, 7) is 9.31. The molecule has 0 atom stereocenters. The summed E-state index contributed by atoms with van der Waals surface area (Å²) in [5, 5.41) is 0. The zero-order valence-electron chi connectivity index (χ0n) is 6.21. The summed E-state index contributed by atoms with van der Waals surface area (Å²) in [6, 6.07) is 0. The van der Waals surface area contributed by atoms with Crippen LogP contribution >= 0.6 is 34.8 Å². The minimum absolute atomic E-state index is 0.611. The van der Waals surface area contributed by atoms with E-state index < -0.39 is 12.4 Å². The number of halogens is 3. The molecule has 0 N–H and O–H groups in total. The summed E-state index contributed by atoms with van der Waals surface area (Å²) >= 11 is 14.4. The molecule has 4 heteroatoms. The van der Waals surface area contributed by atoms with E-state index in [-0.39, 0.29) is 0 Å². The minimum Gasteiger partial charge on any atom is -0.0874 e. The van der Waals surface area contributed by atoms with Gasteiger partial charge in [-0.1, -0.05) is 61.0 Å². The summed E-state index contributed by atoms with van der Waals surface area (Å²) in [7, 11) is -0.611. The Bertz CT molecular complexity index is 49.0. The fraction of sp³-hybridized carbons (Fsp3) is 1.00. The first-order valence-electron chi connectivity index (χ1n) is 2.65. The van der Waals surface area contributed by atoms with Crippen molar-refractivity contribution >= 4 is 42.9 Å². The molecule has 0 aromatic rings. The zero-order valence-corrected chi connectivity index (χ0v) is 9.48. The average molecular weight is 208 g/mol. The molecule has 0 aliphatic carbocycles. The molecule has 0 spiro atoms. The van der Waals surface area contributed by atoms with Gasteiger partial charge in [-0.05, 0) is 0 Å². The lowest BCUT2D eigenvalue weighted by Crippen LogP contribution is -2.10. The Labute approximate surface area is 73.5 Å². The molecule has 0 radical (unpaired) electrons. The predicted molar refractivity (Wildman–Crippen MR) is 50.6 cm³/mol. The summed E-state index contributed by atoms with van der Waals surface area (Å²) in [4.78, 5) is 0. The molecular weight excluding hydrogens is 194 g/mol. The lowest BCUT2D eigenvalue weighted by molar-refractivity contribution is 1.71. The first kappa shape index (κ1) is 12.7. The largest absolute Gasteiger partial charge is 0.180 e. The van der Waals surface area contributed by atoms with Crippen LogP contribution in [0.1, 0.15) is 0 Å². The molecule has 0 amide bonds. The summed E-state index contributed by atoms with van der Waals surface area (Å²) < 4.78 is -0.750. The van der Waals surface area contributed by atoms with Crippen LogP contribution in [-0.4, -0.2) is 12.4 Å². The van der Waals surface area contributed by atoms with Gasteiger partial charge in [-0.15, -0.1) is 0 Å². The summed E-state index contributed by atoms with van der Waals surface area (Å²) in [6.07, 6.45) is 0. The molecule has 0 fully saturated rings. The molecule has 0 aliphatic heterocycles. The Balaban J connectivity index is 0. The fourth-order valence-corrected chi connectivity index (χ4v) is 0. The van der Waals surface area contributed by atoms with Crippen molar-refractivity contribution in [3.63, 3.8) is 0 Å².